The van der Waals surface area contributed by atoms with E-state index >= 15 is 0 Å². The second-order valence-electron chi connectivity index (χ2n) is 5.24. The maximum Gasteiger partial charge on any atom is 0.586 e. The first-order valence-electron chi connectivity index (χ1n) is 7.31. The Balaban J connectivity index is 1.43. The second kappa shape index (κ2) is 7.20. The normalized spacial score (nSPS) is 14.1. The minimum Gasteiger partial charge on any atom is -0.395 e. The number of anilines is 2. The molecule has 0 atom stereocenters. The van der Waals surface area contributed by atoms with Crippen molar-refractivity contribution in [2.45, 2.75) is 13.2 Å². The van der Waals surface area contributed by atoms with E-state index in [0.29, 0.717) is 11.6 Å². The highest BCUT2D eigenvalue weighted by atomic mass is 32.2. The Bertz CT molecular complexity index is 842. The molecule has 3 rings (SSSR count). The van der Waals surface area contributed by atoms with Gasteiger partial charge < -0.3 is 24.6 Å². The van der Waals surface area contributed by atoms with Crippen molar-refractivity contribution in [1.82, 2.24) is 5.16 Å². The number of rotatable bonds is 6. The largest absolute Gasteiger partial charge is 0.586 e. The van der Waals surface area contributed by atoms with Crippen LogP contribution in [0.5, 0.6) is 11.5 Å². The third-order valence-corrected chi connectivity index (χ3v) is 3.98. The average Bonchev–Trinajstić information content (AvgIpc) is 3.07. The highest BCUT2D eigenvalue weighted by molar-refractivity contribution is 8.00. The van der Waals surface area contributed by atoms with Crippen molar-refractivity contribution in [2.24, 2.45) is 0 Å². The summed E-state index contributed by atoms with van der Waals surface area (Å²) in [7, 11) is 0. The molecule has 11 heteroatoms. The van der Waals surface area contributed by atoms with Crippen LogP contribution in [-0.4, -0.2) is 34.8 Å². The minimum absolute atomic E-state index is 0.00410. The van der Waals surface area contributed by atoms with Crippen LogP contribution in [-0.2, 0) is 9.59 Å². The number of benzene rings is 1. The van der Waals surface area contributed by atoms with Crippen molar-refractivity contribution in [1.29, 1.82) is 0 Å². The molecule has 1 aliphatic heterocycles. The highest BCUT2D eigenvalue weighted by Crippen LogP contribution is 2.42. The number of alkyl halides is 2. The molecule has 0 fully saturated rings. The standard InChI is InChI=1S/C15H13F2N3O5S/c1-8-4-12(20-25-8)19-14(22)7-26-6-13(21)18-9-2-3-10-11(5-9)24-15(16,17)23-10/h2-5H,6-7H2,1H3,(H,18,21)(H,19,20,22). The van der Waals surface area contributed by atoms with Crippen molar-refractivity contribution in [3.8, 4) is 11.5 Å². The summed E-state index contributed by atoms with van der Waals surface area (Å²) in [5, 5.41) is 8.67. The first-order valence-corrected chi connectivity index (χ1v) is 8.47. The Labute approximate surface area is 150 Å². The Morgan fingerprint density at radius 2 is 1.81 bits per heavy atom. The van der Waals surface area contributed by atoms with E-state index in [1.807, 2.05) is 0 Å². The number of amides is 2. The van der Waals surface area contributed by atoms with Gasteiger partial charge in [0.05, 0.1) is 11.5 Å². The van der Waals surface area contributed by atoms with Gasteiger partial charge in [-0.05, 0) is 19.1 Å². The summed E-state index contributed by atoms with van der Waals surface area (Å²) in [5.41, 5.74) is 0.276. The molecule has 2 heterocycles. The number of nitrogens with one attached hydrogen (secondary N) is 2. The van der Waals surface area contributed by atoms with Gasteiger partial charge in [0.15, 0.2) is 17.3 Å². The fraction of sp³-hybridized carbons (Fsp3) is 0.267. The molecule has 1 aromatic heterocycles. The Morgan fingerprint density at radius 3 is 2.50 bits per heavy atom. The maximum absolute atomic E-state index is 12.9. The lowest BCUT2D eigenvalue weighted by Crippen LogP contribution is -2.25. The lowest BCUT2D eigenvalue weighted by atomic mass is 10.3. The summed E-state index contributed by atoms with van der Waals surface area (Å²) in [6, 6.07) is 5.48. The number of ether oxygens (including phenoxy) is 2. The first kappa shape index (κ1) is 18.0. The summed E-state index contributed by atoms with van der Waals surface area (Å²) in [4.78, 5) is 23.6. The molecule has 0 saturated carbocycles. The number of thioether (sulfide) groups is 1. The molecule has 2 amide bonds. The molecule has 0 aliphatic carbocycles. The van der Waals surface area contributed by atoms with Crippen LogP contribution in [0.15, 0.2) is 28.8 Å². The van der Waals surface area contributed by atoms with Crippen molar-refractivity contribution in [2.75, 3.05) is 22.1 Å². The molecule has 8 nitrogen and oxygen atoms in total. The van der Waals surface area contributed by atoms with Crippen LogP contribution in [0.4, 0.5) is 20.3 Å². The molecule has 0 radical (unpaired) electrons. The lowest BCUT2D eigenvalue weighted by Gasteiger charge is -2.06. The van der Waals surface area contributed by atoms with Gasteiger partial charge in [-0.3, -0.25) is 9.59 Å². The molecule has 0 bridgehead atoms. The number of fused-ring (bicyclic) bond motifs is 1. The number of aryl methyl sites for hydroxylation is 1. The minimum atomic E-state index is -3.71. The maximum atomic E-state index is 12.9. The molecule has 1 aliphatic rings. The van der Waals surface area contributed by atoms with Gasteiger partial charge in [-0.15, -0.1) is 20.5 Å². The topological polar surface area (TPSA) is 103 Å². The van der Waals surface area contributed by atoms with E-state index < -0.39 is 12.2 Å². The molecule has 0 saturated heterocycles. The van der Waals surface area contributed by atoms with Gasteiger partial charge in [0.2, 0.25) is 11.8 Å². The zero-order valence-electron chi connectivity index (χ0n) is 13.4. The van der Waals surface area contributed by atoms with Crippen LogP contribution in [0.2, 0.25) is 0 Å². The number of hydrogen-bond acceptors (Lipinski definition) is 7. The van der Waals surface area contributed by atoms with E-state index in [1.54, 1.807) is 13.0 Å². The number of aromatic nitrogens is 1. The van der Waals surface area contributed by atoms with E-state index in [2.05, 4.69) is 25.3 Å². The summed E-state index contributed by atoms with van der Waals surface area (Å²) in [6.07, 6.45) is -3.71. The van der Waals surface area contributed by atoms with E-state index in [-0.39, 0.29) is 34.6 Å². The second-order valence-corrected chi connectivity index (χ2v) is 6.23. The summed E-state index contributed by atoms with van der Waals surface area (Å²) >= 11 is 1.08. The summed E-state index contributed by atoms with van der Waals surface area (Å²) < 4.78 is 39.3. The van der Waals surface area contributed by atoms with Crippen molar-refractivity contribution >= 4 is 35.1 Å². The third kappa shape index (κ3) is 4.63. The number of halogens is 2. The van der Waals surface area contributed by atoms with Crippen molar-refractivity contribution < 1.29 is 32.4 Å². The molecular weight excluding hydrogens is 372 g/mol. The summed E-state index contributed by atoms with van der Waals surface area (Å²) in [6.45, 7) is 1.69. The van der Waals surface area contributed by atoms with Crippen LogP contribution in [0.1, 0.15) is 5.76 Å². The smallest absolute Gasteiger partial charge is 0.395 e. The van der Waals surface area contributed by atoms with Crippen LogP contribution in [0.3, 0.4) is 0 Å². The number of carbonyl (C=O) groups excluding carboxylic acids is 2. The predicted octanol–water partition coefficient (Wildman–Crippen LogP) is 2.61. The van der Waals surface area contributed by atoms with Gasteiger partial charge in [0.25, 0.3) is 0 Å². The van der Waals surface area contributed by atoms with E-state index in [1.165, 1.54) is 18.2 Å². The molecule has 0 spiro atoms. The number of carbonyl (C=O) groups is 2. The SMILES string of the molecule is Cc1cc(NC(=O)CSCC(=O)Nc2ccc3c(c2)OC(F)(F)O3)no1. The van der Waals surface area contributed by atoms with Crippen LogP contribution in [0.25, 0.3) is 0 Å². The predicted molar refractivity (Wildman–Crippen MR) is 88.5 cm³/mol. The zero-order chi connectivity index (χ0) is 18.7. The molecule has 138 valence electrons. The molecule has 2 N–H and O–H groups in total. The molecule has 0 unspecified atom stereocenters. The van der Waals surface area contributed by atoms with Crippen molar-refractivity contribution in [3.63, 3.8) is 0 Å². The van der Waals surface area contributed by atoms with Gasteiger partial charge in [-0.25, -0.2) is 0 Å². The molecular formula is C15H13F2N3O5S. The Kier molecular flexibility index (Phi) is 4.98. The van der Waals surface area contributed by atoms with E-state index in [4.69, 9.17) is 4.52 Å². The van der Waals surface area contributed by atoms with Crippen LogP contribution >= 0.6 is 11.8 Å². The fourth-order valence-electron chi connectivity index (χ4n) is 2.06. The van der Waals surface area contributed by atoms with Gasteiger partial charge in [0.1, 0.15) is 5.76 Å². The summed E-state index contributed by atoms with van der Waals surface area (Å²) in [5.74, 6) is -0.108. The first-order chi connectivity index (χ1) is 12.3. The Morgan fingerprint density at radius 1 is 1.12 bits per heavy atom. The van der Waals surface area contributed by atoms with Gasteiger partial charge in [0, 0.05) is 17.8 Å². The Hall–Kier alpha value is -2.82. The third-order valence-electron chi connectivity index (χ3n) is 3.05. The molecule has 2 aromatic rings. The highest BCUT2D eigenvalue weighted by Gasteiger charge is 2.43. The van der Waals surface area contributed by atoms with Crippen molar-refractivity contribution in [3.05, 3.63) is 30.0 Å². The van der Waals surface area contributed by atoms with Crippen LogP contribution < -0.4 is 20.1 Å². The molecule has 1 aromatic carbocycles. The number of hydrogen-bond donors (Lipinski definition) is 2. The van der Waals surface area contributed by atoms with Crippen LogP contribution in [0, 0.1) is 6.92 Å². The van der Waals surface area contributed by atoms with E-state index in [9.17, 15) is 18.4 Å². The van der Waals surface area contributed by atoms with E-state index in [0.717, 1.165) is 11.8 Å². The van der Waals surface area contributed by atoms with Gasteiger partial charge >= 0.3 is 6.29 Å². The fourth-order valence-corrected chi connectivity index (χ4v) is 2.68. The average molecular weight is 385 g/mol. The molecule has 26 heavy (non-hydrogen) atoms. The number of nitrogens with zero attached hydrogens (tertiary/aromatic N) is 1. The van der Waals surface area contributed by atoms with Gasteiger partial charge in [-0.2, -0.15) is 0 Å². The monoisotopic (exact) mass is 385 g/mol. The lowest BCUT2D eigenvalue weighted by molar-refractivity contribution is -0.286. The zero-order valence-corrected chi connectivity index (χ0v) is 14.2. The van der Waals surface area contributed by atoms with Gasteiger partial charge in [-0.1, -0.05) is 5.16 Å². The quantitative estimate of drug-likeness (QED) is 0.788.